The van der Waals surface area contributed by atoms with Gasteiger partial charge < -0.3 is 20.9 Å². The van der Waals surface area contributed by atoms with Crippen LogP contribution in [0.5, 0.6) is 0 Å². The van der Waals surface area contributed by atoms with Gasteiger partial charge in [-0.05, 0) is 42.8 Å². The van der Waals surface area contributed by atoms with E-state index < -0.39 is 23.5 Å². The normalized spacial score (nSPS) is 19.2. The third-order valence-corrected chi connectivity index (χ3v) is 5.39. The van der Waals surface area contributed by atoms with Crippen molar-refractivity contribution in [3.63, 3.8) is 0 Å². The van der Waals surface area contributed by atoms with Crippen molar-refractivity contribution >= 4 is 34.4 Å². The smallest absolute Gasteiger partial charge is 0.369 e. The topological polar surface area (TPSA) is 73.5 Å². The predicted octanol–water partition coefficient (Wildman–Crippen LogP) is 3.96. The largest absolute Gasteiger partial charge is 0.418 e. The van der Waals surface area contributed by atoms with E-state index in [4.69, 9.17) is 0 Å². The molecule has 2 aliphatic rings. The maximum absolute atomic E-state index is 13.8. The van der Waals surface area contributed by atoms with Crippen molar-refractivity contribution in [1.82, 2.24) is 5.32 Å². The van der Waals surface area contributed by atoms with Crippen LogP contribution >= 0.6 is 0 Å². The molecule has 2 amide bonds. The molecule has 1 atom stereocenters. The zero-order valence-corrected chi connectivity index (χ0v) is 17.0. The Balaban J connectivity index is 1.59. The first-order valence-electron chi connectivity index (χ1n) is 9.93. The lowest BCUT2D eigenvalue weighted by Gasteiger charge is -2.24. The predicted molar refractivity (Wildman–Crippen MR) is 113 cm³/mol. The summed E-state index contributed by atoms with van der Waals surface area (Å²) in [5, 5.41) is 8.00. The third kappa shape index (κ3) is 4.39. The van der Waals surface area contributed by atoms with Crippen molar-refractivity contribution in [1.29, 1.82) is 0 Å². The number of anilines is 3. The lowest BCUT2D eigenvalue weighted by Crippen LogP contribution is -2.35. The van der Waals surface area contributed by atoms with Crippen LogP contribution in [-0.4, -0.2) is 30.9 Å². The van der Waals surface area contributed by atoms with Crippen LogP contribution in [0, 0.1) is 5.82 Å². The van der Waals surface area contributed by atoms with Crippen molar-refractivity contribution in [2.45, 2.75) is 25.6 Å². The van der Waals surface area contributed by atoms with E-state index in [-0.39, 0.29) is 35.4 Å². The molecular formula is C22H20F4N4O2. The van der Waals surface area contributed by atoms with Crippen molar-refractivity contribution in [3.05, 3.63) is 59.5 Å². The number of halogens is 4. The van der Waals surface area contributed by atoms with Gasteiger partial charge >= 0.3 is 6.18 Å². The molecular weight excluding hydrogens is 428 g/mol. The Hall–Kier alpha value is -3.56. The van der Waals surface area contributed by atoms with Gasteiger partial charge in [0, 0.05) is 49.2 Å². The summed E-state index contributed by atoms with van der Waals surface area (Å²) < 4.78 is 54.7. The van der Waals surface area contributed by atoms with Crippen LogP contribution < -0.4 is 20.9 Å². The van der Waals surface area contributed by atoms with E-state index in [1.54, 1.807) is 4.90 Å². The lowest BCUT2D eigenvalue weighted by atomic mass is 10.1. The molecule has 6 nitrogen and oxygen atoms in total. The van der Waals surface area contributed by atoms with E-state index in [2.05, 4.69) is 16.0 Å². The van der Waals surface area contributed by atoms with Gasteiger partial charge in [-0.2, -0.15) is 13.2 Å². The van der Waals surface area contributed by atoms with E-state index >= 15 is 0 Å². The second-order valence-corrected chi connectivity index (χ2v) is 7.71. The number of hydrogen-bond acceptors (Lipinski definition) is 4. The van der Waals surface area contributed by atoms with Gasteiger partial charge in [-0.15, -0.1) is 0 Å². The number of rotatable bonds is 4. The van der Waals surface area contributed by atoms with Crippen molar-refractivity contribution in [2.24, 2.45) is 0 Å². The molecule has 2 heterocycles. The summed E-state index contributed by atoms with van der Waals surface area (Å²) in [4.78, 5) is 25.0. The van der Waals surface area contributed by atoms with Crippen LogP contribution in [0.2, 0.25) is 0 Å². The second-order valence-electron chi connectivity index (χ2n) is 7.71. The van der Waals surface area contributed by atoms with Gasteiger partial charge in [0.25, 0.3) is 5.91 Å². The zero-order chi connectivity index (χ0) is 23.0. The molecule has 2 aromatic carbocycles. The maximum Gasteiger partial charge on any atom is 0.418 e. The van der Waals surface area contributed by atoms with Gasteiger partial charge in [-0.3, -0.25) is 9.59 Å². The van der Waals surface area contributed by atoms with E-state index in [0.717, 1.165) is 6.07 Å². The molecule has 1 unspecified atom stereocenters. The Morgan fingerprint density at radius 1 is 1.22 bits per heavy atom. The van der Waals surface area contributed by atoms with Crippen LogP contribution in [0.4, 0.5) is 34.6 Å². The third-order valence-electron chi connectivity index (χ3n) is 5.39. The highest BCUT2D eigenvalue weighted by molar-refractivity contribution is 6.31. The van der Waals surface area contributed by atoms with E-state index in [1.807, 2.05) is 0 Å². The molecule has 32 heavy (non-hydrogen) atoms. The molecule has 0 bridgehead atoms. The molecule has 10 heteroatoms. The second kappa shape index (κ2) is 8.18. The minimum atomic E-state index is -4.60. The number of fused-ring (bicyclic) bond motifs is 1. The quantitative estimate of drug-likeness (QED) is 0.489. The summed E-state index contributed by atoms with van der Waals surface area (Å²) in [5.74, 6) is -1.21. The molecule has 2 aromatic rings. The summed E-state index contributed by atoms with van der Waals surface area (Å²) in [6, 6.07) is 7.45. The van der Waals surface area contributed by atoms with Gasteiger partial charge in [0.2, 0.25) is 5.91 Å². The first-order chi connectivity index (χ1) is 15.1. The highest BCUT2D eigenvalue weighted by Gasteiger charge is 2.37. The molecule has 0 saturated carbocycles. The lowest BCUT2D eigenvalue weighted by molar-refractivity contribution is -0.137. The molecule has 0 aliphatic carbocycles. The first kappa shape index (κ1) is 21.7. The van der Waals surface area contributed by atoms with Crippen LogP contribution in [0.25, 0.3) is 5.57 Å². The number of carbonyl (C=O) groups is 2. The minimum absolute atomic E-state index is 0.0305. The van der Waals surface area contributed by atoms with E-state index in [1.165, 1.54) is 43.5 Å². The van der Waals surface area contributed by atoms with Gasteiger partial charge in [0.1, 0.15) is 5.82 Å². The van der Waals surface area contributed by atoms with E-state index in [0.29, 0.717) is 24.2 Å². The highest BCUT2D eigenvalue weighted by Crippen LogP contribution is 2.40. The van der Waals surface area contributed by atoms with E-state index in [9.17, 15) is 27.2 Å². The van der Waals surface area contributed by atoms with Gasteiger partial charge in [-0.25, -0.2) is 4.39 Å². The Bertz CT molecular complexity index is 1110. The highest BCUT2D eigenvalue weighted by atomic mass is 19.4. The molecule has 0 spiro atoms. The van der Waals surface area contributed by atoms with Crippen molar-refractivity contribution < 1.29 is 27.2 Å². The van der Waals surface area contributed by atoms with Crippen LogP contribution in [0.1, 0.15) is 24.5 Å². The van der Waals surface area contributed by atoms with Crippen LogP contribution in [-0.2, 0) is 15.8 Å². The molecule has 4 rings (SSSR count). The minimum Gasteiger partial charge on any atom is -0.369 e. The number of nitrogens with one attached hydrogen (secondary N) is 3. The number of hydrogen-bond donors (Lipinski definition) is 3. The standard InChI is InChI=1S/C22H20F4N4O2/c1-12(31)28-15-6-7-30(11-15)20-5-3-14(9-18(20)22(24,25)26)27-10-17-16-4-2-13(23)8-19(16)29-21(17)32/h2-5,8-10,15,27H,6-7,11H2,1H3,(H,28,31)(H,29,32). The fourth-order valence-corrected chi connectivity index (χ4v) is 3.98. The molecule has 1 saturated heterocycles. The summed E-state index contributed by atoms with van der Waals surface area (Å²) in [5.41, 5.74) is 0.311. The monoisotopic (exact) mass is 448 g/mol. The maximum atomic E-state index is 13.8. The summed E-state index contributed by atoms with van der Waals surface area (Å²) in [6.45, 7) is 2.05. The Labute approximate surface area is 181 Å². The number of benzene rings is 2. The molecule has 2 aliphatic heterocycles. The Morgan fingerprint density at radius 3 is 2.72 bits per heavy atom. The van der Waals surface area contributed by atoms with Gasteiger partial charge in [0.05, 0.1) is 16.8 Å². The van der Waals surface area contributed by atoms with Crippen LogP contribution in [0.15, 0.2) is 42.6 Å². The fourth-order valence-electron chi connectivity index (χ4n) is 3.98. The van der Waals surface area contributed by atoms with Crippen LogP contribution in [0.3, 0.4) is 0 Å². The van der Waals surface area contributed by atoms with Gasteiger partial charge in [-0.1, -0.05) is 0 Å². The summed E-state index contributed by atoms with van der Waals surface area (Å²) in [6.07, 6.45) is -2.74. The molecule has 3 N–H and O–H groups in total. The number of nitrogens with zero attached hydrogens (tertiary/aromatic N) is 1. The first-order valence-corrected chi connectivity index (χ1v) is 9.93. The average Bonchev–Trinajstić information content (AvgIpc) is 3.28. The Kier molecular flexibility index (Phi) is 5.53. The number of carbonyl (C=O) groups excluding carboxylic acids is 2. The molecule has 168 valence electrons. The number of amides is 2. The average molecular weight is 448 g/mol. The summed E-state index contributed by atoms with van der Waals surface area (Å²) in [7, 11) is 0. The summed E-state index contributed by atoms with van der Waals surface area (Å²) >= 11 is 0. The Morgan fingerprint density at radius 2 is 2.00 bits per heavy atom. The van der Waals surface area contributed by atoms with Crippen molar-refractivity contribution in [3.8, 4) is 0 Å². The molecule has 1 fully saturated rings. The number of alkyl halides is 3. The fraction of sp³-hybridized carbons (Fsp3) is 0.273. The van der Waals surface area contributed by atoms with Gasteiger partial charge in [0.15, 0.2) is 0 Å². The SMILES string of the molecule is CC(=O)NC1CCN(c2ccc(NC=C3C(=O)Nc4cc(F)ccc43)cc2C(F)(F)F)C1. The molecule has 0 radical (unpaired) electrons. The zero-order valence-electron chi connectivity index (χ0n) is 17.0. The molecule has 0 aromatic heterocycles. The van der Waals surface area contributed by atoms with Crippen molar-refractivity contribution in [2.75, 3.05) is 28.6 Å².